The number of ether oxygens (including phenoxy) is 1. The summed E-state index contributed by atoms with van der Waals surface area (Å²) in [4.78, 5) is 0. The van der Waals surface area contributed by atoms with Crippen LogP contribution >= 0.6 is 11.6 Å². The Morgan fingerprint density at radius 1 is 1.64 bits per heavy atom. The second-order valence-electron chi connectivity index (χ2n) is 2.85. The van der Waals surface area contributed by atoms with E-state index in [1.165, 1.54) is 4.31 Å². The van der Waals surface area contributed by atoms with E-state index in [4.69, 9.17) is 21.6 Å². The average Bonchev–Trinajstić information content (AvgIpc) is 2.18. The lowest BCUT2D eigenvalue weighted by Gasteiger charge is -2.28. The van der Waals surface area contributed by atoms with E-state index in [1.807, 2.05) is 6.07 Å². The Kier molecular flexibility index (Phi) is 4.13. The van der Waals surface area contributed by atoms with Crippen LogP contribution in [0, 0.1) is 11.3 Å². The first-order valence-corrected chi connectivity index (χ1v) is 6.29. The van der Waals surface area contributed by atoms with Crippen molar-refractivity contribution in [1.29, 1.82) is 5.26 Å². The average molecular weight is 239 g/mol. The number of morpholine rings is 1. The van der Waals surface area contributed by atoms with Crippen LogP contribution in [0.2, 0.25) is 0 Å². The summed E-state index contributed by atoms with van der Waals surface area (Å²) in [7, 11) is -3.31. The van der Waals surface area contributed by atoms with Gasteiger partial charge in [0.1, 0.15) is 0 Å². The van der Waals surface area contributed by atoms with Crippen molar-refractivity contribution in [2.75, 3.05) is 31.3 Å². The van der Waals surface area contributed by atoms with Gasteiger partial charge >= 0.3 is 0 Å². The molecule has 1 aliphatic heterocycles. The molecule has 0 aromatic heterocycles. The minimum atomic E-state index is -3.31. The van der Waals surface area contributed by atoms with Crippen LogP contribution in [0.3, 0.4) is 0 Å². The van der Waals surface area contributed by atoms with Crippen LogP contribution in [0.1, 0.15) is 0 Å². The van der Waals surface area contributed by atoms with Crippen LogP contribution < -0.4 is 0 Å². The molecule has 1 saturated heterocycles. The fraction of sp³-hybridized carbons (Fsp3) is 0.857. The fourth-order valence-electron chi connectivity index (χ4n) is 1.18. The van der Waals surface area contributed by atoms with Gasteiger partial charge in [-0.1, -0.05) is 0 Å². The molecule has 1 aliphatic rings. The summed E-state index contributed by atoms with van der Waals surface area (Å²) in [5.41, 5.74) is 0. The lowest BCUT2D eigenvalue weighted by Crippen LogP contribution is -2.46. The van der Waals surface area contributed by atoms with Crippen LogP contribution in [0.15, 0.2) is 0 Å². The van der Waals surface area contributed by atoms with Crippen LogP contribution in [0.25, 0.3) is 0 Å². The maximum atomic E-state index is 11.5. The third-order valence-electron chi connectivity index (χ3n) is 1.90. The van der Waals surface area contributed by atoms with Crippen LogP contribution in [0.5, 0.6) is 0 Å². The smallest absolute Gasteiger partial charge is 0.215 e. The molecule has 0 aromatic rings. The SMILES string of the molecule is N#CC1CN(S(=O)(=O)CCCl)CCO1. The van der Waals surface area contributed by atoms with Crippen LogP contribution in [-0.2, 0) is 14.8 Å². The van der Waals surface area contributed by atoms with Gasteiger partial charge in [0.15, 0.2) is 6.10 Å². The second kappa shape index (κ2) is 4.94. The zero-order chi connectivity index (χ0) is 10.6. The highest BCUT2D eigenvalue weighted by Gasteiger charge is 2.28. The van der Waals surface area contributed by atoms with Crippen molar-refractivity contribution in [2.45, 2.75) is 6.10 Å². The Balaban J connectivity index is 2.65. The summed E-state index contributed by atoms with van der Waals surface area (Å²) >= 11 is 5.37. The predicted octanol–water partition coefficient (Wildman–Crippen LogP) is -0.221. The standard InChI is InChI=1S/C7H11ClN2O3S/c8-1-4-14(11,12)10-2-3-13-7(5-9)6-10/h7H,1-4,6H2. The molecule has 0 saturated carbocycles. The summed E-state index contributed by atoms with van der Waals surface area (Å²) < 4.78 is 29.3. The third kappa shape index (κ3) is 2.82. The molecule has 1 heterocycles. The van der Waals surface area contributed by atoms with Crippen molar-refractivity contribution < 1.29 is 13.2 Å². The van der Waals surface area contributed by atoms with E-state index in [9.17, 15) is 8.42 Å². The summed E-state index contributed by atoms with van der Waals surface area (Å²) in [5.74, 6) is -0.0242. The Morgan fingerprint density at radius 2 is 2.36 bits per heavy atom. The van der Waals surface area contributed by atoms with Crippen molar-refractivity contribution in [3.05, 3.63) is 0 Å². The third-order valence-corrected chi connectivity index (χ3v) is 4.15. The van der Waals surface area contributed by atoms with Gasteiger partial charge in [-0.3, -0.25) is 0 Å². The first-order chi connectivity index (χ1) is 6.60. The number of sulfonamides is 1. The Labute approximate surface area is 88.3 Å². The van der Waals surface area contributed by atoms with Crippen LogP contribution in [-0.4, -0.2) is 50.2 Å². The monoisotopic (exact) mass is 238 g/mol. The molecule has 7 heteroatoms. The van der Waals surface area contributed by atoms with Gasteiger partial charge in [0, 0.05) is 12.4 Å². The molecule has 1 rings (SSSR count). The van der Waals surface area contributed by atoms with Gasteiger partial charge in [-0.05, 0) is 0 Å². The summed E-state index contributed by atoms with van der Waals surface area (Å²) in [6.45, 7) is 0.673. The van der Waals surface area contributed by atoms with E-state index >= 15 is 0 Å². The molecule has 0 bridgehead atoms. The highest BCUT2D eigenvalue weighted by atomic mass is 35.5. The molecular formula is C7H11ClN2O3S. The Morgan fingerprint density at radius 3 is 2.93 bits per heavy atom. The van der Waals surface area contributed by atoms with Crippen LogP contribution in [0.4, 0.5) is 0 Å². The molecule has 0 N–H and O–H groups in total. The molecule has 80 valence electrons. The molecule has 0 aliphatic carbocycles. The lowest BCUT2D eigenvalue weighted by atomic mass is 10.3. The number of alkyl halides is 1. The first kappa shape index (κ1) is 11.7. The molecule has 5 nitrogen and oxygen atoms in total. The van der Waals surface area contributed by atoms with Gasteiger partial charge in [-0.25, -0.2) is 8.42 Å². The van der Waals surface area contributed by atoms with Crippen molar-refractivity contribution in [1.82, 2.24) is 4.31 Å². The number of hydrogen-bond acceptors (Lipinski definition) is 4. The number of nitriles is 1. The highest BCUT2D eigenvalue weighted by molar-refractivity contribution is 7.89. The number of halogens is 1. The van der Waals surface area contributed by atoms with E-state index in [2.05, 4.69) is 0 Å². The van der Waals surface area contributed by atoms with E-state index in [-0.39, 0.29) is 24.8 Å². The van der Waals surface area contributed by atoms with Gasteiger partial charge < -0.3 is 4.74 Å². The van der Waals surface area contributed by atoms with E-state index < -0.39 is 16.1 Å². The van der Waals surface area contributed by atoms with Crippen molar-refractivity contribution in [2.24, 2.45) is 0 Å². The maximum Gasteiger partial charge on any atom is 0.215 e. The molecule has 14 heavy (non-hydrogen) atoms. The second-order valence-corrected chi connectivity index (χ2v) is 5.32. The van der Waals surface area contributed by atoms with E-state index in [1.54, 1.807) is 0 Å². The predicted molar refractivity (Wildman–Crippen MR) is 51.4 cm³/mol. The van der Waals surface area contributed by atoms with Gasteiger partial charge in [-0.2, -0.15) is 9.57 Å². The number of rotatable bonds is 3. The molecule has 0 radical (unpaired) electrons. The molecule has 0 spiro atoms. The van der Waals surface area contributed by atoms with Gasteiger partial charge in [0.2, 0.25) is 10.0 Å². The van der Waals surface area contributed by atoms with Crippen molar-refractivity contribution in [3.8, 4) is 6.07 Å². The summed E-state index contributed by atoms with van der Waals surface area (Å²) in [5, 5.41) is 8.58. The maximum absolute atomic E-state index is 11.5. The zero-order valence-corrected chi connectivity index (χ0v) is 9.09. The summed E-state index contributed by atoms with van der Waals surface area (Å²) in [6.07, 6.45) is -0.658. The Bertz CT molecular complexity index is 324. The summed E-state index contributed by atoms with van der Waals surface area (Å²) in [6, 6.07) is 1.89. The fourth-order valence-corrected chi connectivity index (χ4v) is 2.94. The molecule has 0 aromatic carbocycles. The number of hydrogen-bond donors (Lipinski definition) is 0. The van der Waals surface area contributed by atoms with E-state index in [0.29, 0.717) is 6.54 Å². The highest BCUT2D eigenvalue weighted by Crippen LogP contribution is 2.10. The minimum absolute atomic E-state index is 0.0664. The van der Waals surface area contributed by atoms with E-state index in [0.717, 1.165) is 0 Å². The molecule has 0 amide bonds. The quantitative estimate of drug-likeness (QED) is 0.638. The Hall–Kier alpha value is -0.350. The largest absolute Gasteiger partial charge is 0.361 e. The zero-order valence-electron chi connectivity index (χ0n) is 7.52. The van der Waals surface area contributed by atoms with Crippen molar-refractivity contribution in [3.63, 3.8) is 0 Å². The van der Waals surface area contributed by atoms with Gasteiger partial charge in [0.25, 0.3) is 0 Å². The minimum Gasteiger partial charge on any atom is -0.361 e. The molecule has 1 fully saturated rings. The molecular weight excluding hydrogens is 228 g/mol. The molecule has 1 unspecified atom stereocenters. The normalized spacial score (nSPS) is 24.4. The lowest BCUT2D eigenvalue weighted by molar-refractivity contribution is 0.0312. The first-order valence-electron chi connectivity index (χ1n) is 4.15. The number of nitrogens with zero attached hydrogens (tertiary/aromatic N) is 2. The van der Waals surface area contributed by atoms with Gasteiger partial charge in [0.05, 0.1) is 25.0 Å². The van der Waals surface area contributed by atoms with Gasteiger partial charge in [-0.15, -0.1) is 11.6 Å². The topological polar surface area (TPSA) is 70.4 Å². The van der Waals surface area contributed by atoms with Crippen molar-refractivity contribution >= 4 is 21.6 Å². The molecule has 1 atom stereocenters.